The van der Waals surface area contributed by atoms with Crippen LogP contribution in [0.2, 0.25) is 0 Å². The van der Waals surface area contributed by atoms with Gasteiger partial charge in [-0.2, -0.15) is 9.97 Å². The van der Waals surface area contributed by atoms with Gasteiger partial charge in [0.2, 0.25) is 0 Å². The van der Waals surface area contributed by atoms with Crippen LogP contribution in [0.25, 0.3) is 44.1 Å². The van der Waals surface area contributed by atoms with Crippen molar-refractivity contribution in [3.8, 4) is 28.4 Å². The van der Waals surface area contributed by atoms with Gasteiger partial charge in [-0.25, -0.2) is 0 Å². The summed E-state index contributed by atoms with van der Waals surface area (Å²) in [7, 11) is 0.619. The van der Waals surface area contributed by atoms with Gasteiger partial charge in [-0.3, -0.25) is 0 Å². The van der Waals surface area contributed by atoms with E-state index in [1.165, 1.54) is 22.3 Å². The first-order chi connectivity index (χ1) is 15.6. The first kappa shape index (κ1) is 19.0. The fraction of sp³-hybridized carbons (Fsp3) is 0.111. The van der Waals surface area contributed by atoms with Crippen molar-refractivity contribution in [3.63, 3.8) is 0 Å². The molecule has 1 aliphatic rings. The van der Waals surface area contributed by atoms with Crippen molar-refractivity contribution in [1.29, 1.82) is 0 Å². The van der Waals surface area contributed by atoms with Gasteiger partial charge in [-0.15, -0.1) is 0 Å². The highest BCUT2D eigenvalue weighted by atomic mass is 16.5. The molecule has 0 bridgehead atoms. The number of nitrogens with zero attached hydrogens (tertiary/aromatic N) is 2. The third-order valence-electron chi connectivity index (χ3n) is 6.58. The minimum Gasteiger partial charge on any atom is -0.509 e. The van der Waals surface area contributed by atoms with Gasteiger partial charge < -0.3 is 9.68 Å². The lowest BCUT2D eigenvalue weighted by Crippen LogP contribution is -2.15. The lowest BCUT2D eigenvalue weighted by atomic mass is 9.81. The van der Waals surface area contributed by atoms with Crippen molar-refractivity contribution in [3.05, 3.63) is 90.0 Å². The minimum absolute atomic E-state index is 0.106. The molecule has 0 spiro atoms. The minimum atomic E-state index is -0.106. The van der Waals surface area contributed by atoms with Crippen LogP contribution in [0.3, 0.4) is 0 Å². The van der Waals surface area contributed by atoms with E-state index in [0.29, 0.717) is 7.69 Å². The second-order valence-electron chi connectivity index (χ2n) is 8.69. The maximum Gasteiger partial charge on any atom is 0.571 e. The lowest BCUT2D eigenvalue weighted by molar-refractivity contribution is 0.432. The van der Waals surface area contributed by atoms with Crippen LogP contribution >= 0.6 is 0 Å². The van der Waals surface area contributed by atoms with Crippen molar-refractivity contribution in [1.82, 2.24) is 9.97 Å². The van der Waals surface area contributed by atoms with Crippen molar-refractivity contribution in [2.75, 3.05) is 0 Å². The highest BCUT2D eigenvalue weighted by Crippen LogP contribution is 2.49. The van der Waals surface area contributed by atoms with Gasteiger partial charge in [-0.05, 0) is 45.2 Å². The molecule has 0 fully saturated rings. The molecule has 1 aromatic heterocycles. The monoisotopic (exact) mass is 415 g/mol. The standard InChI is InChI=1S/C27H20BN2O2/c1-27(2)21-10-6-5-9-19(21)20-13-11-17(15-22(20)27)25-24-18-8-4-3-7-16(18)12-14-23(24)29-26(30-25)32-28-31/h3-15,31H,1-2H3. The van der Waals surface area contributed by atoms with Crippen molar-refractivity contribution >= 4 is 29.4 Å². The van der Waals surface area contributed by atoms with E-state index in [4.69, 9.17) is 9.64 Å². The zero-order valence-electron chi connectivity index (χ0n) is 17.8. The normalized spacial score (nSPS) is 13.7. The molecule has 0 saturated heterocycles. The molecule has 6 rings (SSSR count). The Bertz CT molecular complexity index is 1530. The molecule has 4 aromatic carbocycles. The molecule has 1 heterocycles. The zero-order chi connectivity index (χ0) is 21.9. The molecular formula is C27H20BN2O2. The molecule has 153 valence electrons. The van der Waals surface area contributed by atoms with Crippen LogP contribution in [0.5, 0.6) is 6.01 Å². The Labute approximate surface area is 186 Å². The molecule has 1 aliphatic carbocycles. The molecule has 0 aliphatic heterocycles. The second kappa shape index (κ2) is 6.91. The van der Waals surface area contributed by atoms with Gasteiger partial charge in [0, 0.05) is 16.4 Å². The molecule has 0 saturated carbocycles. The molecule has 32 heavy (non-hydrogen) atoms. The van der Waals surface area contributed by atoms with Crippen molar-refractivity contribution < 1.29 is 9.68 Å². The zero-order valence-corrected chi connectivity index (χ0v) is 17.8. The maximum atomic E-state index is 9.19. The summed E-state index contributed by atoms with van der Waals surface area (Å²) in [6.45, 7) is 4.54. The SMILES string of the molecule is CC1(C)c2ccccc2-c2ccc(-c3nc(O[B]O)nc4ccc5ccccc5c34)cc21. The Morgan fingerprint density at radius 1 is 0.812 bits per heavy atom. The van der Waals surface area contributed by atoms with E-state index in [-0.39, 0.29) is 11.4 Å². The number of rotatable bonds is 3. The van der Waals surface area contributed by atoms with E-state index >= 15 is 0 Å². The maximum absolute atomic E-state index is 9.19. The third-order valence-corrected chi connectivity index (χ3v) is 6.58. The van der Waals surface area contributed by atoms with E-state index in [9.17, 15) is 5.02 Å². The number of benzene rings is 4. The Morgan fingerprint density at radius 2 is 1.59 bits per heavy atom. The van der Waals surface area contributed by atoms with E-state index in [0.717, 1.165) is 32.9 Å². The summed E-state index contributed by atoms with van der Waals surface area (Å²) < 4.78 is 5.18. The van der Waals surface area contributed by atoms with Gasteiger partial charge in [0.15, 0.2) is 0 Å². The van der Waals surface area contributed by atoms with E-state index in [2.05, 4.69) is 73.4 Å². The average Bonchev–Trinajstić information content (AvgIpc) is 3.05. The summed E-state index contributed by atoms with van der Waals surface area (Å²) >= 11 is 0. The van der Waals surface area contributed by atoms with E-state index in [1.807, 2.05) is 24.3 Å². The van der Waals surface area contributed by atoms with E-state index in [1.54, 1.807) is 0 Å². The van der Waals surface area contributed by atoms with Crippen molar-refractivity contribution in [2.24, 2.45) is 0 Å². The average molecular weight is 415 g/mol. The fourth-order valence-electron chi connectivity index (χ4n) is 5.04. The summed E-state index contributed by atoms with van der Waals surface area (Å²) in [5.41, 5.74) is 7.62. The molecule has 0 amide bonds. The van der Waals surface area contributed by atoms with Crippen LogP contribution in [0.15, 0.2) is 78.9 Å². The topological polar surface area (TPSA) is 55.2 Å². The Hall–Kier alpha value is -3.70. The molecule has 5 heteroatoms. The molecule has 1 radical (unpaired) electrons. The highest BCUT2D eigenvalue weighted by Gasteiger charge is 2.35. The van der Waals surface area contributed by atoms with Crippen LogP contribution in [0, 0.1) is 0 Å². The predicted octanol–water partition coefficient (Wildman–Crippen LogP) is 5.66. The summed E-state index contributed by atoms with van der Waals surface area (Å²) in [4.78, 5) is 9.22. The highest BCUT2D eigenvalue weighted by molar-refractivity contribution is 6.17. The quantitative estimate of drug-likeness (QED) is 0.305. The number of aromatic nitrogens is 2. The fourth-order valence-corrected chi connectivity index (χ4v) is 5.04. The lowest BCUT2D eigenvalue weighted by Gasteiger charge is -2.22. The molecule has 0 unspecified atom stereocenters. The molecular weight excluding hydrogens is 395 g/mol. The smallest absolute Gasteiger partial charge is 0.509 e. The van der Waals surface area contributed by atoms with Crippen LogP contribution in [0.1, 0.15) is 25.0 Å². The van der Waals surface area contributed by atoms with Crippen LogP contribution in [-0.4, -0.2) is 22.7 Å². The summed E-state index contributed by atoms with van der Waals surface area (Å²) in [5, 5.41) is 12.4. The first-order valence-corrected chi connectivity index (χ1v) is 10.6. The molecule has 1 N–H and O–H groups in total. The van der Waals surface area contributed by atoms with Gasteiger partial charge >= 0.3 is 13.7 Å². The summed E-state index contributed by atoms with van der Waals surface area (Å²) in [6.07, 6.45) is 0. The molecule has 5 aromatic rings. The predicted molar refractivity (Wildman–Crippen MR) is 129 cm³/mol. The third kappa shape index (κ3) is 2.68. The summed E-state index contributed by atoms with van der Waals surface area (Å²) in [6, 6.07) is 27.5. The van der Waals surface area contributed by atoms with Crippen LogP contribution in [-0.2, 0) is 5.41 Å². The largest absolute Gasteiger partial charge is 0.571 e. The van der Waals surface area contributed by atoms with Crippen LogP contribution < -0.4 is 4.65 Å². The Morgan fingerprint density at radius 3 is 2.47 bits per heavy atom. The molecule has 0 atom stereocenters. The first-order valence-electron chi connectivity index (χ1n) is 10.6. The second-order valence-corrected chi connectivity index (χ2v) is 8.69. The van der Waals surface area contributed by atoms with E-state index < -0.39 is 0 Å². The van der Waals surface area contributed by atoms with Gasteiger partial charge in [0.05, 0.1) is 11.2 Å². The number of hydrogen-bond donors (Lipinski definition) is 1. The van der Waals surface area contributed by atoms with Crippen LogP contribution in [0.4, 0.5) is 0 Å². The number of hydrogen-bond acceptors (Lipinski definition) is 4. The van der Waals surface area contributed by atoms with Gasteiger partial charge in [0.1, 0.15) is 0 Å². The Kier molecular flexibility index (Phi) is 4.11. The Balaban J connectivity index is 1.66. The van der Waals surface area contributed by atoms with Gasteiger partial charge in [0.25, 0.3) is 0 Å². The van der Waals surface area contributed by atoms with Gasteiger partial charge in [-0.1, -0.05) is 80.6 Å². The number of fused-ring (bicyclic) bond motifs is 6. The molecule has 4 nitrogen and oxygen atoms in total. The van der Waals surface area contributed by atoms with Crippen molar-refractivity contribution in [2.45, 2.75) is 19.3 Å². The summed E-state index contributed by atoms with van der Waals surface area (Å²) in [5.74, 6) is 0.